The first-order chi connectivity index (χ1) is 23.6. The summed E-state index contributed by atoms with van der Waals surface area (Å²) >= 11 is 0. The summed E-state index contributed by atoms with van der Waals surface area (Å²) in [4.78, 5) is 0. The van der Waals surface area contributed by atoms with Crippen LogP contribution in [0.15, 0.2) is 36.4 Å². The lowest BCUT2D eigenvalue weighted by molar-refractivity contribution is 0.262. The molecule has 0 radical (unpaired) electrons. The van der Waals surface area contributed by atoms with E-state index in [0.29, 0.717) is 39.6 Å². The van der Waals surface area contributed by atoms with Crippen molar-refractivity contribution >= 4 is 32.3 Å². The minimum Gasteiger partial charge on any atom is -0.490 e. The molecule has 4 rings (SSSR count). The van der Waals surface area contributed by atoms with Gasteiger partial charge in [0.15, 0.2) is 34.5 Å². The van der Waals surface area contributed by atoms with Gasteiger partial charge in [-0.05, 0) is 107 Å². The third kappa shape index (κ3) is 9.76. The fraction of sp³-hybridized carbons (Fsp3) is 0.571. The van der Waals surface area contributed by atoms with Gasteiger partial charge in [-0.25, -0.2) is 0 Å². The minimum atomic E-state index is 0.645. The Bertz CT molecular complexity index is 1230. The molecule has 0 spiro atoms. The van der Waals surface area contributed by atoms with Crippen LogP contribution in [0.25, 0.3) is 32.3 Å². The molecule has 0 N–H and O–H groups in total. The van der Waals surface area contributed by atoms with Crippen LogP contribution in [0.2, 0.25) is 0 Å². The largest absolute Gasteiger partial charge is 0.490 e. The maximum absolute atomic E-state index is 6.41. The Morgan fingerprint density at radius 2 is 0.417 bits per heavy atom. The quantitative estimate of drug-likeness (QED) is 0.0551. The number of hydrogen-bond acceptors (Lipinski definition) is 6. The molecule has 0 fully saturated rings. The smallest absolute Gasteiger partial charge is 0.161 e. The summed E-state index contributed by atoms with van der Waals surface area (Å²) in [5.74, 6) is 4.69. The highest BCUT2D eigenvalue weighted by Gasteiger charge is 2.20. The Balaban J connectivity index is 2.05. The normalized spacial score (nSPS) is 11.4. The average Bonchev–Trinajstić information content (AvgIpc) is 3.09. The summed E-state index contributed by atoms with van der Waals surface area (Å²) in [7, 11) is 0. The van der Waals surface area contributed by atoms with Crippen molar-refractivity contribution in [2.75, 3.05) is 39.6 Å². The Morgan fingerprint density at radius 3 is 0.542 bits per heavy atom. The molecular formula is C42H60O6. The van der Waals surface area contributed by atoms with E-state index < -0.39 is 0 Å². The van der Waals surface area contributed by atoms with E-state index in [0.717, 1.165) is 144 Å². The maximum atomic E-state index is 6.41. The second-order valence-electron chi connectivity index (χ2n) is 12.7. The van der Waals surface area contributed by atoms with Gasteiger partial charge in [-0.3, -0.25) is 0 Å². The highest BCUT2D eigenvalue weighted by molar-refractivity contribution is 6.26. The van der Waals surface area contributed by atoms with Gasteiger partial charge >= 0.3 is 0 Å². The van der Waals surface area contributed by atoms with Gasteiger partial charge in [0.2, 0.25) is 0 Å². The van der Waals surface area contributed by atoms with E-state index in [1.807, 2.05) is 0 Å². The van der Waals surface area contributed by atoms with E-state index in [1.165, 1.54) is 0 Å². The van der Waals surface area contributed by atoms with Crippen molar-refractivity contribution < 1.29 is 28.4 Å². The summed E-state index contributed by atoms with van der Waals surface area (Å²) in [6.45, 7) is 17.0. The molecule has 0 atom stereocenters. The molecule has 0 heterocycles. The number of benzene rings is 4. The second kappa shape index (κ2) is 20.1. The van der Waals surface area contributed by atoms with Crippen LogP contribution in [0.4, 0.5) is 0 Å². The zero-order valence-electron chi connectivity index (χ0n) is 30.6. The zero-order chi connectivity index (χ0) is 34.1. The standard InChI is InChI=1S/C42H60O6/c1-7-13-19-43-37-25-31-32(26-38(37)44-20-14-8-2)34-28-40(46-22-16-10-4)42(48-24-18-12-6)30-36(34)35-29-41(47-23-17-11-5)39(27-33(31)35)45-21-15-9-3/h25-30H,7-24H2,1-6H3. The zero-order valence-corrected chi connectivity index (χ0v) is 30.6. The van der Waals surface area contributed by atoms with E-state index in [-0.39, 0.29) is 0 Å². The van der Waals surface area contributed by atoms with Gasteiger partial charge in [0.05, 0.1) is 39.6 Å². The molecule has 0 bridgehead atoms. The Kier molecular flexibility index (Phi) is 15.6. The predicted molar refractivity (Wildman–Crippen MR) is 201 cm³/mol. The lowest BCUT2D eigenvalue weighted by Crippen LogP contribution is -2.04. The van der Waals surface area contributed by atoms with E-state index in [4.69, 9.17) is 28.4 Å². The Morgan fingerprint density at radius 1 is 0.271 bits per heavy atom. The van der Waals surface area contributed by atoms with Crippen molar-refractivity contribution in [2.24, 2.45) is 0 Å². The molecule has 0 unspecified atom stereocenters. The summed E-state index contributed by atoms with van der Waals surface area (Å²) in [5, 5.41) is 6.54. The number of fused-ring (bicyclic) bond motifs is 6. The summed E-state index contributed by atoms with van der Waals surface area (Å²) in [6, 6.07) is 13.0. The van der Waals surface area contributed by atoms with Gasteiger partial charge in [-0.2, -0.15) is 0 Å². The third-order valence-corrected chi connectivity index (χ3v) is 8.65. The number of hydrogen-bond donors (Lipinski definition) is 0. The highest BCUT2D eigenvalue weighted by Crippen LogP contribution is 2.47. The second-order valence-corrected chi connectivity index (χ2v) is 12.7. The summed E-state index contributed by atoms with van der Waals surface area (Å²) in [6.07, 6.45) is 12.3. The first-order valence-electron chi connectivity index (χ1n) is 18.9. The van der Waals surface area contributed by atoms with Gasteiger partial charge in [-0.1, -0.05) is 80.1 Å². The minimum absolute atomic E-state index is 0.645. The highest BCUT2D eigenvalue weighted by atomic mass is 16.5. The molecule has 0 aliphatic heterocycles. The van der Waals surface area contributed by atoms with Crippen LogP contribution in [0.1, 0.15) is 119 Å². The van der Waals surface area contributed by atoms with Crippen molar-refractivity contribution in [1.82, 2.24) is 0 Å². The molecule has 4 aromatic rings. The molecular weight excluding hydrogens is 600 g/mol. The van der Waals surface area contributed by atoms with Crippen molar-refractivity contribution in [2.45, 2.75) is 119 Å². The molecule has 0 aliphatic carbocycles. The summed E-state index contributed by atoms with van der Waals surface area (Å²) < 4.78 is 38.5. The fourth-order valence-electron chi connectivity index (χ4n) is 5.65. The van der Waals surface area contributed by atoms with Crippen LogP contribution in [0.5, 0.6) is 34.5 Å². The van der Waals surface area contributed by atoms with Gasteiger partial charge in [-0.15, -0.1) is 0 Å². The lowest BCUT2D eigenvalue weighted by atomic mass is 9.93. The van der Waals surface area contributed by atoms with E-state index in [1.54, 1.807) is 0 Å². The fourth-order valence-corrected chi connectivity index (χ4v) is 5.65. The van der Waals surface area contributed by atoms with Crippen LogP contribution in [-0.2, 0) is 0 Å². The van der Waals surface area contributed by atoms with E-state index >= 15 is 0 Å². The maximum Gasteiger partial charge on any atom is 0.161 e. The monoisotopic (exact) mass is 660 g/mol. The number of unbranched alkanes of at least 4 members (excludes halogenated alkanes) is 6. The average molecular weight is 661 g/mol. The van der Waals surface area contributed by atoms with Gasteiger partial charge in [0.1, 0.15) is 0 Å². The van der Waals surface area contributed by atoms with E-state index in [9.17, 15) is 0 Å². The molecule has 4 aromatic carbocycles. The van der Waals surface area contributed by atoms with Crippen molar-refractivity contribution in [3.63, 3.8) is 0 Å². The molecule has 0 saturated heterocycles. The Hall–Kier alpha value is -3.54. The van der Waals surface area contributed by atoms with Crippen molar-refractivity contribution in [3.05, 3.63) is 36.4 Å². The van der Waals surface area contributed by atoms with Gasteiger partial charge in [0.25, 0.3) is 0 Å². The lowest BCUT2D eigenvalue weighted by Gasteiger charge is -2.20. The number of ether oxygens (including phenoxy) is 6. The van der Waals surface area contributed by atoms with Crippen LogP contribution < -0.4 is 28.4 Å². The van der Waals surface area contributed by atoms with Crippen LogP contribution >= 0.6 is 0 Å². The number of rotatable bonds is 24. The summed E-state index contributed by atoms with van der Waals surface area (Å²) in [5.41, 5.74) is 0. The van der Waals surface area contributed by atoms with Crippen LogP contribution in [0.3, 0.4) is 0 Å². The molecule has 6 heteroatoms. The van der Waals surface area contributed by atoms with E-state index in [2.05, 4.69) is 77.9 Å². The first-order valence-corrected chi connectivity index (χ1v) is 18.9. The molecule has 6 nitrogen and oxygen atoms in total. The van der Waals surface area contributed by atoms with Gasteiger partial charge in [0, 0.05) is 0 Å². The van der Waals surface area contributed by atoms with Crippen LogP contribution in [0, 0.1) is 0 Å². The molecule has 0 saturated carbocycles. The molecule has 0 amide bonds. The Labute approximate surface area is 289 Å². The van der Waals surface area contributed by atoms with Crippen LogP contribution in [-0.4, -0.2) is 39.6 Å². The topological polar surface area (TPSA) is 55.4 Å². The van der Waals surface area contributed by atoms with Crippen molar-refractivity contribution in [3.8, 4) is 34.5 Å². The molecule has 264 valence electrons. The third-order valence-electron chi connectivity index (χ3n) is 8.65. The molecule has 0 aromatic heterocycles. The molecule has 48 heavy (non-hydrogen) atoms. The van der Waals surface area contributed by atoms with Crippen molar-refractivity contribution in [1.29, 1.82) is 0 Å². The SMILES string of the molecule is CCCCOc1cc2c3cc(OCCCC)c(OCCCC)cc3c3cc(OCCCC)c(OCCCC)cc3c2cc1OCCCC. The molecule has 0 aliphatic rings. The predicted octanol–water partition coefficient (Wildman–Crippen LogP) is 12.2. The first kappa shape index (κ1) is 37.3. The van der Waals surface area contributed by atoms with Gasteiger partial charge < -0.3 is 28.4 Å².